The van der Waals surface area contributed by atoms with Crippen molar-refractivity contribution in [2.75, 3.05) is 20.2 Å². The van der Waals surface area contributed by atoms with Gasteiger partial charge in [0.05, 0.1) is 18.8 Å². The summed E-state index contributed by atoms with van der Waals surface area (Å²) in [5.74, 6) is 0.755. The van der Waals surface area contributed by atoms with E-state index in [1.54, 1.807) is 19.2 Å². The summed E-state index contributed by atoms with van der Waals surface area (Å²) in [6.07, 6.45) is 1.39. The van der Waals surface area contributed by atoms with Crippen molar-refractivity contribution in [2.24, 2.45) is 0 Å². The zero-order chi connectivity index (χ0) is 22.5. The number of rotatable bonds is 6. The van der Waals surface area contributed by atoms with Crippen molar-refractivity contribution in [2.45, 2.75) is 32.4 Å². The standard InChI is InChI=1S/C27H29NO4/c1-19-24(20-7-4-3-5-8-20)9-6-10-25(19)27(30)32-23-12-11-21(26(17-23)31-2)18-28-15-13-22(29)14-16-28/h3-12,17,22,29H,13-16,18H2,1-2H3. The van der Waals surface area contributed by atoms with Crippen molar-refractivity contribution >= 4 is 5.97 Å². The highest BCUT2D eigenvalue weighted by Crippen LogP contribution is 2.29. The Bertz CT molecular complexity index is 1070. The molecule has 3 aromatic rings. The number of aliphatic hydroxyl groups is 1. The summed E-state index contributed by atoms with van der Waals surface area (Å²) in [5.41, 5.74) is 4.54. The lowest BCUT2D eigenvalue weighted by molar-refractivity contribution is 0.0733. The number of esters is 1. The predicted octanol–water partition coefficient (Wildman–Crippen LogP) is 4.85. The summed E-state index contributed by atoms with van der Waals surface area (Å²) in [5, 5.41) is 9.71. The molecule has 1 N–H and O–H groups in total. The van der Waals surface area contributed by atoms with Crippen LogP contribution in [-0.2, 0) is 6.54 Å². The van der Waals surface area contributed by atoms with E-state index in [-0.39, 0.29) is 12.1 Å². The Morgan fingerprint density at radius 1 is 1.03 bits per heavy atom. The molecule has 1 fully saturated rings. The first-order valence-electron chi connectivity index (χ1n) is 11.0. The van der Waals surface area contributed by atoms with E-state index in [1.165, 1.54) is 0 Å². The lowest BCUT2D eigenvalue weighted by Gasteiger charge is -2.29. The number of methoxy groups -OCH3 is 1. The van der Waals surface area contributed by atoms with Crippen LogP contribution in [0.4, 0.5) is 0 Å². The van der Waals surface area contributed by atoms with Crippen LogP contribution >= 0.6 is 0 Å². The highest BCUT2D eigenvalue weighted by atomic mass is 16.5. The molecular weight excluding hydrogens is 402 g/mol. The molecule has 0 aromatic heterocycles. The van der Waals surface area contributed by atoms with Crippen LogP contribution in [0.15, 0.2) is 66.7 Å². The van der Waals surface area contributed by atoms with E-state index in [1.807, 2.05) is 61.5 Å². The maximum atomic E-state index is 13.0. The van der Waals surface area contributed by atoms with E-state index in [4.69, 9.17) is 9.47 Å². The van der Waals surface area contributed by atoms with Crippen LogP contribution in [0.5, 0.6) is 11.5 Å². The molecule has 1 aliphatic rings. The van der Waals surface area contributed by atoms with Crippen LogP contribution < -0.4 is 9.47 Å². The molecule has 0 amide bonds. The first-order valence-corrected chi connectivity index (χ1v) is 11.0. The average molecular weight is 432 g/mol. The first-order chi connectivity index (χ1) is 15.5. The topological polar surface area (TPSA) is 59.0 Å². The van der Waals surface area contributed by atoms with Crippen molar-refractivity contribution in [1.82, 2.24) is 4.90 Å². The maximum absolute atomic E-state index is 13.0. The largest absolute Gasteiger partial charge is 0.496 e. The number of carbonyl (C=O) groups is 1. The highest BCUT2D eigenvalue weighted by molar-refractivity contribution is 5.94. The second-order valence-electron chi connectivity index (χ2n) is 8.21. The summed E-state index contributed by atoms with van der Waals surface area (Å²) in [7, 11) is 1.62. The molecule has 3 aromatic carbocycles. The normalized spacial score (nSPS) is 14.8. The summed E-state index contributed by atoms with van der Waals surface area (Å²) in [4.78, 5) is 15.3. The number of likely N-dealkylation sites (tertiary alicyclic amines) is 1. The van der Waals surface area contributed by atoms with Crippen LogP contribution in [-0.4, -0.2) is 42.3 Å². The Morgan fingerprint density at radius 2 is 1.78 bits per heavy atom. The smallest absolute Gasteiger partial charge is 0.343 e. The van der Waals surface area contributed by atoms with Gasteiger partial charge in [0.25, 0.3) is 0 Å². The van der Waals surface area contributed by atoms with Crippen molar-refractivity contribution < 1.29 is 19.4 Å². The summed E-state index contributed by atoms with van der Waals surface area (Å²) in [6, 6.07) is 21.2. The Hall–Kier alpha value is -3.15. The van der Waals surface area contributed by atoms with Crippen LogP contribution in [0.25, 0.3) is 11.1 Å². The Labute approximate surface area is 189 Å². The molecule has 166 valence electrons. The van der Waals surface area contributed by atoms with Crippen LogP contribution in [0, 0.1) is 6.92 Å². The fourth-order valence-electron chi connectivity index (χ4n) is 4.19. The second kappa shape index (κ2) is 9.98. The van der Waals surface area contributed by atoms with Gasteiger partial charge in [-0.3, -0.25) is 4.90 Å². The van der Waals surface area contributed by atoms with Gasteiger partial charge in [0, 0.05) is 31.3 Å². The first kappa shape index (κ1) is 22.1. The molecule has 4 rings (SSSR count). The molecule has 0 unspecified atom stereocenters. The quantitative estimate of drug-likeness (QED) is 0.447. The Kier molecular flexibility index (Phi) is 6.88. The summed E-state index contributed by atoms with van der Waals surface area (Å²) in [6.45, 7) is 4.40. The van der Waals surface area contributed by atoms with Gasteiger partial charge in [-0.2, -0.15) is 0 Å². The lowest BCUT2D eigenvalue weighted by Crippen LogP contribution is -2.35. The maximum Gasteiger partial charge on any atom is 0.343 e. The lowest BCUT2D eigenvalue weighted by atomic mass is 9.96. The van der Waals surface area contributed by atoms with Gasteiger partial charge in [-0.05, 0) is 48.6 Å². The highest BCUT2D eigenvalue weighted by Gasteiger charge is 2.19. The number of carbonyl (C=O) groups excluding carboxylic acids is 1. The van der Waals surface area contributed by atoms with E-state index >= 15 is 0 Å². The van der Waals surface area contributed by atoms with Gasteiger partial charge in [-0.15, -0.1) is 0 Å². The van der Waals surface area contributed by atoms with Gasteiger partial charge in [-0.1, -0.05) is 48.5 Å². The van der Waals surface area contributed by atoms with Crippen LogP contribution in [0.1, 0.15) is 34.3 Å². The molecule has 0 saturated carbocycles. The Morgan fingerprint density at radius 3 is 2.50 bits per heavy atom. The number of benzene rings is 3. The number of aliphatic hydroxyl groups excluding tert-OH is 1. The minimum absolute atomic E-state index is 0.196. The van der Waals surface area contributed by atoms with Gasteiger partial charge in [0.15, 0.2) is 0 Å². The van der Waals surface area contributed by atoms with Crippen LogP contribution in [0.2, 0.25) is 0 Å². The van der Waals surface area contributed by atoms with Gasteiger partial charge in [0.2, 0.25) is 0 Å². The molecular formula is C27H29NO4. The second-order valence-corrected chi connectivity index (χ2v) is 8.21. The van der Waals surface area contributed by atoms with E-state index in [9.17, 15) is 9.90 Å². The monoisotopic (exact) mass is 431 g/mol. The molecule has 0 bridgehead atoms. The molecule has 0 aliphatic carbocycles. The molecule has 1 heterocycles. The average Bonchev–Trinajstić information content (AvgIpc) is 2.82. The Balaban J connectivity index is 1.50. The van der Waals surface area contributed by atoms with Crippen LogP contribution in [0.3, 0.4) is 0 Å². The zero-order valence-electron chi connectivity index (χ0n) is 18.6. The molecule has 32 heavy (non-hydrogen) atoms. The van der Waals surface area contributed by atoms with E-state index < -0.39 is 0 Å². The van der Waals surface area contributed by atoms with E-state index in [0.29, 0.717) is 17.1 Å². The summed E-state index contributed by atoms with van der Waals surface area (Å²) >= 11 is 0. The number of piperidine rings is 1. The molecule has 1 aliphatic heterocycles. The minimum atomic E-state index is -0.389. The molecule has 5 nitrogen and oxygen atoms in total. The van der Waals surface area contributed by atoms with Gasteiger partial charge >= 0.3 is 5.97 Å². The number of nitrogens with zero attached hydrogens (tertiary/aromatic N) is 1. The minimum Gasteiger partial charge on any atom is -0.496 e. The van der Waals surface area contributed by atoms with E-state index in [2.05, 4.69) is 4.90 Å². The third-order valence-electron chi connectivity index (χ3n) is 6.06. The molecule has 0 radical (unpaired) electrons. The molecule has 1 saturated heterocycles. The van der Waals surface area contributed by atoms with Gasteiger partial charge in [0.1, 0.15) is 11.5 Å². The number of ether oxygens (including phenoxy) is 2. The molecule has 0 atom stereocenters. The van der Waals surface area contributed by atoms with E-state index in [0.717, 1.165) is 54.7 Å². The number of hydrogen-bond acceptors (Lipinski definition) is 5. The van der Waals surface area contributed by atoms with Crippen molar-refractivity contribution in [3.05, 3.63) is 83.4 Å². The molecule has 5 heteroatoms. The summed E-state index contributed by atoms with van der Waals surface area (Å²) < 4.78 is 11.3. The van der Waals surface area contributed by atoms with Crippen molar-refractivity contribution in [3.63, 3.8) is 0 Å². The third kappa shape index (κ3) is 5.01. The van der Waals surface area contributed by atoms with Crippen molar-refractivity contribution in [1.29, 1.82) is 0 Å². The predicted molar refractivity (Wildman–Crippen MR) is 125 cm³/mol. The fourth-order valence-corrected chi connectivity index (χ4v) is 4.19. The third-order valence-corrected chi connectivity index (χ3v) is 6.06. The fraction of sp³-hybridized carbons (Fsp3) is 0.296. The van der Waals surface area contributed by atoms with Crippen molar-refractivity contribution in [3.8, 4) is 22.6 Å². The SMILES string of the molecule is COc1cc(OC(=O)c2cccc(-c3ccccc3)c2C)ccc1CN1CCC(O)CC1. The number of hydrogen-bond donors (Lipinski definition) is 1. The van der Waals surface area contributed by atoms with Gasteiger partial charge in [-0.25, -0.2) is 4.79 Å². The molecule has 0 spiro atoms. The van der Waals surface area contributed by atoms with Gasteiger partial charge < -0.3 is 14.6 Å². The zero-order valence-corrected chi connectivity index (χ0v) is 18.6.